The Morgan fingerprint density at radius 3 is 2.85 bits per heavy atom. The summed E-state index contributed by atoms with van der Waals surface area (Å²) in [4.78, 5) is 3.91. The molecule has 0 N–H and O–H groups in total. The van der Waals surface area contributed by atoms with Crippen LogP contribution in [0.4, 0.5) is 0 Å². The first kappa shape index (κ1) is 6.83. The number of nitrogens with zero attached hydrogens (tertiary/aromatic N) is 2. The van der Waals surface area contributed by atoms with Gasteiger partial charge in [0.15, 0.2) is 0 Å². The SMILES string of the molecule is [2H]c1ccc(-c2c(C)noc2C)cn1. The molecule has 0 aliphatic rings. The van der Waals surface area contributed by atoms with Crippen LogP contribution in [0.3, 0.4) is 0 Å². The Morgan fingerprint density at radius 2 is 2.31 bits per heavy atom. The minimum absolute atomic E-state index is 0.264. The van der Waals surface area contributed by atoms with Gasteiger partial charge in [0.1, 0.15) is 5.76 Å². The van der Waals surface area contributed by atoms with Gasteiger partial charge in [0.25, 0.3) is 0 Å². The molecule has 0 aliphatic heterocycles. The van der Waals surface area contributed by atoms with Gasteiger partial charge in [-0.25, -0.2) is 0 Å². The number of pyridine rings is 1. The molecule has 3 nitrogen and oxygen atoms in total. The Hall–Kier alpha value is -1.64. The van der Waals surface area contributed by atoms with Crippen LogP contribution in [-0.4, -0.2) is 10.1 Å². The van der Waals surface area contributed by atoms with E-state index < -0.39 is 0 Å². The molecule has 0 saturated carbocycles. The number of aromatic nitrogens is 2. The van der Waals surface area contributed by atoms with Gasteiger partial charge in [-0.3, -0.25) is 4.98 Å². The Bertz CT molecular complexity index is 428. The molecule has 0 spiro atoms. The first-order chi connectivity index (χ1) is 6.68. The van der Waals surface area contributed by atoms with Crippen LogP contribution in [-0.2, 0) is 0 Å². The van der Waals surface area contributed by atoms with Crippen LogP contribution in [0.15, 0.2) is 29.0 Å². The van der Waals surface area contributed by atoms with Crippen molar-refractivity contribution in [3.63, 3.8) is 0 Å². The lowest BCUT2D eigenvalue weighted by molar-refractivity contribution is 0.393. The van der Waals surface area contributed by atoms with Crippen LogP contribution in [0, 0.1) is 13.8 Å². The Kier molecular flexibility index (Phi) is 1.58. The highest BCUT2D eigenvalue weighted by Gasteiger charge is 2.10. The standard InChI is InChI=1S/C10H10N2O/c1-7-10(8(2)13-12-7)9-4-3-5-11-6-9/h3-6H,1-2H3/i5D. The zero-order chi connectivity index (χ0) is 10.1. The molecule has 2 aromatic heterocycles. The highest BCUT2D eigenvalue weighted by atomic mass is 16.5. The Balaban J connectivity index is 2.54. The van der Waals surface area contributed by atoms with Gasteiger partial charge in [-0.2, -0.15) is 0 Å². The third kappa shape index (κ3) is 1.33. The summed E-state index contributed by atoms with van der Waals surface area (Å²) in [7, 11) is 0. The summed E-state index contributed by atoms with van der Waals surface area (Å²) < 4.78 is 12.3. The van der Waals surface area contributed by atoms with Crippen LogP contribution in [0.1, 0.15) is 12.8 Å². The summed E-state index contributed by atoms with van der Waals surface area (Å²) >= 11 is 0. The monoisotopic (exact) mass is 175 g/mol. The lowest BCUT2D eigenvalue weighted by Gasteiger charge is -1.97. The summed E-state index contributed by atoms with van der Waals surface area (Å²) in [6, 6.07) is 3.50. The zero-order valence-electron chi connectivity index (χ0n) is 8.53. The predicted octanol–water partition coefficient (Wildman–Crippen LogP) is 2.35. The summed E-state index contributed by atoms with van der Waals surface area (Å²) in [5.74, 6) is 0.780. The molecule has 3 heteroatoms. The lowest BCUT2D eigenvalue weighted by Crippen LogP contribution is -1.82. The number of hydrogen-bond acceptors (Lipinski definition) is 3. The molecule has 2 heterocycles. The number of rotatable bonds is 1. The third-order valence-corrected chi connectivity index (χ3v) is 1.94. The second kappa shape index (κ2) is 3.01. The molecule has 0 fully saturated rings. The first-order valence-electron chi connectivity index (χ1n) is 4.54. The summed E-state index contributed by atoms with van der Waals surface area (Å²) in [6.07, 6.45) is 1.93. The maximum atomic E-state index is 7.27. The van der Waals surface area contributed by atoms with Crippen LogP contribution < -0.4 is 0 Å². The van der Waals surface area contributed by atoms with Crippen molar-refractivity contribution in [2.75, 3.05) is 0 Å². The molecule has 0 saturated heterocycles. The first-order valence-corrected chi connectivity index (χ1v) is 4.04. The van der Waals surface area contributed by atoms with Crippen molar-refractivity contribution < 1.29 is 5.89 Å². The molecule has 0 atom stereocenters. The molecular formula is C10H10N2O. The molecule has 0 aromatic carbocycles. The highest BCUT2D eigenvalue weighted by Crippen LogP contribution is 2.25. The predicted molar refractivity (Wildman–Crippen MR) is 49.2 cm³/mol. The van der Waals surface area contributed by atoms with Crippen molar-refractivity contribution in [3.05, 3.63) is 36.0 Å². The molecule has 66 valence electrons. The van der Waals surface area contributed by atoms with Crippen molar-refractivity contribution in [2.24, 2.45) is 0 Å². The largest absolute Gasteiger partial charge is 0.361 e. The van der Waals surface area contributed by atoms with Gasteiger partial charge in [-0.15, -0.1) is 0 Å². The van der Waals surface area contributed by atoms with E-state index in [-0.39, 0.29) is 6.17 Å². The molecule has 2 aromatic rings. The summed E-state index contributed by atoms with van der Waals surface area (Å²) in [5.41, 5.74) is 2.76. The molecule has 0 aliphatic carbocycles. The van der Waals surface area contributed by atoms with Crippen LogP contribution in [0.2, 0.25) is 0 Å². The van der Waals surface area contributed by atoms with Crippen molar-refractivity contribution in [1.82, 2.24) is 10.1 Å². The molecule has 0 bridgehead atoms. The Labute approximate surface area is 77.8 Å². The second-order valence-electron chi connectivity index (χ2n) is 2.88. The van der Waals surface area contributed by atoms with E-state index in [1.54, 1.807) is 12.3 Å². The molecule has 0 amide bonds. The van der Waals surface area contributed by atoms with E-state index >= 15 is 0 Å². The number of aryl methyl sites for hydroxylation is 2. The van der Waals surface area contributed by atoms with E-state index in [9.17, 15) is 0 Å². The average Bonchev–Trinajstić information content (AvgIpc) is 2.49. The molecule has 13 heavy (non-hydrogen) atoms. The van der Waals surface area contributed by atoms with Crippen LogP contribution in [0.5, 0.6) is 0 Å². The van der Waals surface area contributed by atoms with E-state index in [0.29, 0.717) is 0 Å². The number of hydrogen-bond donors (Lipinski definition) is 0. The van der Waals surface area contributed by atoms with Gasteiger partial charge < -0.3 is 4.52 Å². The van der Waals surface area contributed by atoms with Gasteiger partial charge >= 0.3 is 0 Å². The third-order valence-electron chi connectivity index (χ3n) is 1.94. The molecule has 0 radical (unpaired) electrons. The molecule has 0 unspecified atom stereocenters. The maximum absolute atomic E-state index is 7.27. The fourth-order valence-electron chi connectivity index (χ4n) is 1.36. The lowest BCUT2D eigenvalue weighted by atomic mass is 10.1. The van der Waals surface area contributed by atoms with Gasteiger partial charge in [0.05, 0.1) is 7.06 Å². The maximum Gasteiger partial charge on any atom is 0.141 e. The van der Waals surface area contributed by atoms with Crippen molar-refractivity contribution in [1.29, 1.82) is 0 Å². The Morgan fingerprint density at radius 1 is 1.46 bits per heavy atom. The van der Waals surface area contributed by atoms with E-state index in [1.165, 1.54) is 0 Å². The average molecular weight is 175 g/mol. The normalized spacial score (nSPS) is 11.4. The summed E-state index contributed by atoms with van der Waals surface area (Å²) in [5, 5.41) is 3.87. The van der Waals surface area contributed by atoms with Crippen molar-refractivity contribution >= 4 is 0 Å². The zero-order valence-corrected chi connectivity index (χ0v) is 7.53. The second-order valence-corrected chi connectivity index (χ2v) is 2.88. The minimum Gasteiger partial charge on any atom is -0.361 e. The van der Waals surface area contributed by atoms with Gasteiger partial charge in [0, 0.05) is 23.5 Å². The molecular weight excluding hydrogens is 164 g/mol. The van der Waals surface area contributed by atoms with E-state index in [1.807, 2.05) is 19.9 Å². The van der Waals surface area contributed by atoms with E-state index in [0.717, 1.165) is 22.6 Å². The topological polar surface area (TPSA) is 38.9 Å². The fraction of sp³-hybridized carbons (Fsp3) is 0.200. The summed E-state index contributed by atoms with van der Waals surface area (Å²) in [6.45, 7) is 3.75. The van der Waals surface area contributed by atoms with Crippen molar-refractivity contribution in [2.45, 2.75) is 13.8 Å². The quantitative estimate of drug-likeness (QED) is 0.667. The van der Waals surface area contributed by atoms with Gasteiger partial charge in [0.2, 0.25) is 0 Å². The van der Waals surface area contributed by atoms with E-state index in [2.05, 4.69) is 10.1 Å². The van der Waals surface area contributed by atoms with Crippen molar-refractivity contribution in [3.8, 4) is 11.1 Å². The van der Waals surface area contributed by atoms with Crippen LogP contribution in [0.25, 0.3) is 11.1 Å². The highest BCUT2D eigenvalue weighted by molar-refractivity contribution is 5.66. The van der Waals surface area contributed by atoms with Gasteiger partial charge in [-0.1, -0.05) is 11.2 Å². The van der Waals surface area contributed by atoms with E-state index in [4.69, 9.17) is 5.89 Å². The smallest absolute Gasteiger partial charge is 0.141 e. The van der Waals surface area contributed by atoms with Crippen LogP contribution >= 0.6 is 0 Å². The minimum atomic E-state index is 0.264. The molecule has 2 rings (SSSR count). The fourth-order valence-corrected chi connectivity index (χ4v) is 1.36. The van der Waals surface area contributed by atoms with Gasteiger partial charge in [-0.05, 0) is 19.9 Å².